The molecule has 0 aliphatic heterocycles. The molecule has 1 unspecified atom stereocenters. The van der Waals surface area contributed by atoms with Gasteiger partial charge in [-0.3, -0.25) is 0 Å². The Morgan fingerprint density at radius 3 is 2.71 bits per heavy atom. The fourth-order valence-electron chi connectivity index (χ4n) is 2.14. The van der Waals surface area contributed by atoms with E-state index in [1.54, 1.807) is 6.92 Å². The van der Waals surface area contributed by atoms with Crippen LogP contribution in [0.3, 0.4) is 0 Å². The molecule has 0 saturated heterocycles. The number of rotatable bonds is 11. The van der Waals surface area contributed by atoms with Gasteiger partial charge >= 0.3 is 5.97 Å². The van der Waals surface area contributed by atoms with Gasteiger partial charge in [0.1, 0.15) is 18.3 Å². The lowest BCUT2D eigenvalue weighted by Crippen LogP contribution is -2.22. The highest BCUT2D eigenvalue weighted by molar-refractivity contribution is 7.80. The van der Waals surface area contributed by atoms with Crippen LogP contribution in [-0.2, 0) is 14.3 Å². The molecule has 0 amide bonds. The number of allylic oxidation sites excluding steroid dienone is 3. The van der Waals surface area contributed by atoms with E-state index in [9.17, 15) is 4.79 Å². The Labute approximate surface area is 153 Å². The zero-order chi connectivity index (χ0) is 18.4. The normalized spacial score (nSPS) is 13.3. The molecule has 1 atom stereocenters. The van der Waals surface area contributed by atoms with Gasteiger partial charge in [0.15, 0.2) is 0 Å². The van der Waals surface area contributed by atoms with Gasteiger partial charge in [-0.05, 0) is 51.5 Å². The Balaban J connectivity index is 4.07. The molecule has 0 saturated carbocycles. The van der Waals surface area contributed by atoms with Crippen molar-refractivity contribution < 1.29 is 14.3 Å². The van der Waals surface area contributed by atoms with Crippen LogP contribution in [0.2, 0.25) is 0 Å². The van der Waals surface area contributed by atoms with Gasteiger partial charge in [-0.2, -0.15) is 12.6 Å². The Morgan fingerprint density at radius 1 is 1.38 bits per heavy atom. The van der Waals surface area contributed by atoms with E-state index in [1.807, 2.05) is 13.0 Å². The maximum atomic E-state index is 11.4. The van der Waals surface area contributed by atoms with Gasteiger partial charge in [-0.1, -0.05) is 31.4 Å². The Kier molecular flexibility index (Phi) is 12.3. The first kappa shape index (κ1) is 22.7. The third kappa shape index (κ3) is 13.1. The minimum Gasteiger partial charge on any atom is -0.462 e. The molecule has 0 radical (unpaired) electrons. The standard InChI is InChI=1S/C20H32O3S/c1-6-13-23-20(4,5)12-8-11-17(2)9-7-10-18(3)16-19(21)22-14-15-24/h7,10,16-17,24H,8-9,11-12,14-15H2,1-5H3. The van der Waals surface area contributed by atoms with E-state index in [0.717, 1.165) is 31.3 Å². The number of hydrogen-bond acceptors (Lipinski definition) is 4. The van der Waals surface area contributed by atoms with Crippen LogP contribution in [0.25, 0.3) is 0 Å². The summed E-state index contributed by atoms with van der Waals surface area (Å²) in [6.07, 6.45) is 12.5. The molecule has 4 heteroatoms. The van der Waals surface area contributed by atoms with Gasteiger partial charge in [0.05, 0.1) is 0 Å². The van der Waals surface area contributed by atoms with Crippen LogP contribution >= 0.6 is 12.6 Å². The largest absolute Gasteiger partial charge is 0.462 e. The minimum absolute atomic E-state index is 0.189. The summed E-state index contributed by atoms with van der Waals surface area (Å²) >= 11 is 4.00. The van der Waals surface area contributed by atoms with Gasteiger partial charge in [0.2, 0.25) is 0 Å². The zero-order valence-corrected chi connectivity index (χ0v) is 16.6. The molecule has 136 valence electrons. The summed E-state index contributed by atoms with van der Waals surface area (Å²) in [5.41, 5.74) is 0.713. The number of hydrogen-bond donors (Lipinski definition) is 1. The molecule has 0 aliphatic carbocycles. The SMILES string of the molecule is CC#COC(C)(C)CCCC(C)CC=CC(C)=CC(=O)OCCS. The monoisotopic (exact) mass is 352 g/mol. The van der Waals surface area contributed by atoms with Crippen molar-refractivity contribution in [3.05, 3.63) is 23.8 Å². The Hall–Kier alpha value is -1.34. The van der Waals surface area contributed by atoms with Crippen molar-refractivity contribution in [2.45, 2.75) is 65.9 Å². The van der Waals surface area contributed by atoms with E-state index in [0.29, 0.717) is 18.3 Å². The molecule has 3 nitrogen and oxygen atoms in total. The highest BCUT2D eigenvalue weighted by Crippen LogP contribution is 2.21. The molecule has 0 bridgehead atoms. The van der Waals surface area contributed by atoms with Crippen LogP contribution in [0.5, 0.6) is 0 Å². The summed E-state index contributed by atoms with van der Waals surface area (Å²) in [6.45, 7) is 10.4. The Morgan fingerprint density at radius 2 is 2.08 bits per heavy atom. The van der Waals surface area contributed by atoms with Crippen molar-refractivity contribution in [2.75, 3.05) is 12.4 Å². The third-order valence-electron chi connectivity index (χ3n) is 3.51. The van der Waals surface area contributed by atoms with Crippen molar-refractivity contribution >= 4 is 18.6 Å². The molecule has 0 aliphatic rings. The van der Waals surface area contributed by atoms with E-state index >= 15 is 0 Å². The van der Waals surface area contributed by atoms with E-state index in [1.165, 1.54) is 6.08 Å². The third-order valence-corrected chi connectivity index (χ3v) is 3.69. The lowest BCUT2D eigenvalue weighted by molar-refractivity contribution is -0.137. The second-order valence-electron chi connectivity index (χ2n) is 6.63. The number of carbonyl (C=O) groups excluding carboxylic acids is 1. The summed E-state index contributed by atoms with van der Waals surface area (Å²) in [5.74, 6) is 3.59. The van der Waals surface area contributed by atoms with Gasteiger partial charge in [0, 0.05) is 18.8 Å². The van der Waals surface area contributed by atoms with Gasteiger partial charge in [-0.15, -0.1) is 0 Å². The number of thiol groups is 1. The molecule has 0 aromatic heterocycles. The maximum Gasteiger partial charge on any atom is 0.331 e. The van der Waals surface area contributed by atoms with E-state index < -0.39 is 0 Å². The van der Waals surface area contributed by atoms with Crippen LogP contribution in [0.15, 0.2) is 23.8 Å². The van der Waals surface area contributed by atoms with Crippen molar-refractivity contribution in [1.82, 2.24) is 0 Å². The maximum absolute atomic E-state index is 11.4. The van der Waals surface area contributed by atoms with E-state index in [4.69, 9.17) is 9.47 Å². The second-order valence-corrected chi connectivity index (χ2v) is 7.08. The summed E-state index contributed by atoms with van der Waals surface area (Å²) in [6, 6.07) is 0. The first-order chi connectivity index (χ1) is 11.3. The fourth-order valence-corrected chi connectivity index (χ4v) is 2.23. The Bertz CT molecular complexity index is 481. The lowest BCUT2D eigenvalue weighted by atomic mass is 9.95. The van der Waals surface area contributed by atoms with Crippen LogP contribution in [0.1, 0.15) is 60.3 Å². The average molecular weight is 353 g/mol. The van der Waals surface area contributed by atoms with Gasteiger partial charge < -0.3 is 9.47 Å². The molecule has 0 rings (SSSR count). The first-order valence-electron chi connectivity index (χ1n) is 8.53. The van der Waals surface area contributed by atoms with Crippen molar-refractivity contribution in [3.8, 4) is 12.0 Å². The molecular formula is C20H32O3S. The first-order valence-corrected chi connectivity index (χ1v) is 9.16. The molecule has 0 fully saturated rings. The van der Waals surface area contributed by atoms with E-state index in [2.05, 4.69) is 51.5 Å². The quantitative estimate of drug-likeness (QED) is 0.188. The average Bonchev–Trinajstić information content (AvgIpc) is 2.50. The summed E-state index contributed by atoms with van der Waals surface area (Å²) in [7, 11) is 0. The van der Waals surface area contributed by atoms with Crippen LogP contribution in [0, 0.1) is 17.9 Å². The predicted octanol–water partition coefficient (Wildman–Crippen LogP) is 4.93. The molecule has 0 aromatic rings. The number of ether oxygens (including phenoxy) is 2. The zero-order valence-electron chi connectivity index (χ0n) is 15.7. The van der Waals surface area contributed by atoms with Gasteiger partial charge in [-0.25, -0.2) is 4.79 Å². The second kappa shape index (κ2) is 13.0. The molecule has 0 N–H and O–H groups in total. The van der Waals surface area contributed by atoms with Crippen LogP contribution in [-0.4, -0.2) is 23.9 Å². The van der Waals surface area contributed by atoms with Crippen molar-refractivity contribution in [1.29, 1.82) is 0 Å². The summed E-state index contributed by atoms with van der Waals surface area (Å²) < 4.78 is 10.5. The number of esters is 1. The summed E-state index contributed by atoms with van der Waals surface area (Å²) in [5, 5.41) is 0. The van der Waals surface area contributed by atoms with E-state index in [-0.39, 0.29) is 11.6 Å². The smallest absolute Gasteiger partial charge is 0.331 e. The number of carbonyl (C=O) groups is 1. The van der Waals surface area contributed by atoms with Crippen molar-refractivity contribution in [3.63, 3.8) is 0 Å². The topological polar surface area (TPSA) is 35.5 Å². The predicted molar refractivity (Wildman–Crippen MR) is 104 cm³/mol. The molecule has 0 aromatic carbocycles. The summed E-state index contributed by atoms with van der Waals surface area (Å²) in [4.78, 5) is 11.4. The lowest BCUT2D eigenvalue weighted by Gasteiger charge is -2.22. The highest BCUT2D eigenvalue weighted by Gasteiger charge is 2.18. The molecule has 0 spiro atoms. The highest BCUT2D eigenvalue weighted by atomic mass is 32.1. The van der Waals surface area contributed by atoms with Crippen LogP contribution < -0.4 is 0 Å². The molecule has 24 heavy (non-hydrogen) atoms. The molecule has 0 heterocycles. The van der Waals surface area contributed by atoms with Gasteiger partial charge in [0.25, 0.3) is 0 Å². The van der Waals surface area contributed by atoms with Crippen molar-refractivity contribution in [2.24, 2.45) is 5.92 Å². The van der Waals surface area contributed by atoms with Crippen LogP contribution in [0.4, 0.5) is 0 Å². The molecular weight excluding hydrogens is 320 g/mol. The fraction of sp³-hybridized carbons (Fsp3) is 0.650. The minimum atomic E-state index is -0.309.